The highest BCUT2D eigenvalue weighted by molar-refractivity contribution is 5.88. The Kier molecular flexibility index (Phi) is 6.70. The fourth-order valence-corrected chi connectivity index (χ4v) is 2.49. The van der Waals surface area contributed by atoms with Crippen molar-refractivity contribution in [3.63, 3.8) is 0 Å². The number of esters is 1. The zero-order valence-electron chi connectivity index (χ0n) is 15.4. The molecule has 24 heavy (non-hydrogen) atoms. The highest BCUT2D eigenvalue weighted by Gasteiger charge is 2.21. The molecule has 0 bridgehead atoms. The molecule has 0 fully saturated rings. The zero-order chi connectivity index (χ0) is 18.5. The molecular formula is C19H27NO4. The quantitative estimate of drug-likeness (QED) is 0.315. The number of hydrogen-bond donors (Lipinski definition) is 0. The highest BCUT2D eigenvalue weighted by atomic mass is 16.6. The van der Waals surface area contributed by atoms with E-state index in [0.29, 0.717) is 12.0 Å². The van der Waals surface area contributed by atoms with Crippen molar-refractivity contribution in [1.29, 1.82) is 0 Å². The van der Waals surface area contributed by atoms with Gasteiger partial charge >= 0.3 is 5.97 Å². The van der Waals surface area contributed by atoms with Crippen molar-refractivity contribution >= 4 is 11.7 Å². The van der Waals surface area contributed by atoms with E-state index >= 15 is 0 Å². The van der Waals surface area contributed by atoms with E-state index in [-0.39, 0.29) is 17.6 Å². The second-order valence-electron chi connectivity index (χ2n) is 7.03. The molecule has 132 valence electrons. The minimum atomic E-state index is -0.547. The summed E-state index contributed by atoms with van der Waals surface area (Å²) in [6.07, 6.45) is 3.31. The van der Waals surface area contributed by atoms with Gasteiger partial charge in [0.15, 0.2) is 0 Å². The molecule has 1 aromatic carbocycles. The minimum Gasteiger partial charge on any atom is -0.457 e. The van der Waals surface area contributed by atoms with E-state index in [4.69, 9.17) is 4.74 Å². The van der Waals surface area contributed by atoms with Crippen LogP contribution in [0, 0.1) is 17.0 Å². The number of nitro benzene ring substituents is 1. The van der Waals surface area contributed by atoms with E-state index in [2.05, 4.69) is 0 Å². The van der Waals surface area contributed by atoms with Crippen LogP contribution in [-0.2, 0) is 9.53 Å². The molecule has 0 radical (unpaired) electrons. The first-order valence-corrected chi connectivity index (χ1v) is 8.24. The molecule has 0 N–H and O–H groups in total. The van der Waals surface area contributed by atoms with Gasteiger partial charge in [-0.15, -0.1) is 0 Å². The molecule has 5 heteroatoms. The van der Waals surface area contributed by atoms with E-state index in [1.54, 1.807) is 12.1 Å². The Bertz CT molecular complexity index is 641. The van der Waals surface area contributed by atoms with Crippen LogP contribution in [0.15, 0.2) is 29.8 Å². The fraction of sp³-hybridized carbons (Fsp3) is 0.526. The first kappa shape index (κ1) is 19.9. The Morgan fingerprint density at radius 3 is 2.50 bits per heavy atom. The first-order valence-electron chi connectivity index (χ1n) is 8.24. The van der Waals surface area contributed by atoms with E-state index < -0.39 is 10.5 Å². The summed E-state index contributed by atoms with van der Waals surface area (Å²) in [6, 6.07) is 4.82. The summed E-state index contributed by atoms with van der Waals surface area (Å²) in [5, 5.41) is 11.0. The van der Waals surface area contributed by atoms with Crippen LogP contribution in [0.5, 0.6) is 0 Å². The van der Waals surface area contributed by atoms with E-state index in [1.165, 1.54) is 6.07 Å². The molecule has 0 saturated heterocycles. The van der Waals surface area contributed by atoms with E-state index in [0.717, 1.165) is 17.5 Å². The van der Waals surface area contributed by atoms with Crippen LogP contribution >= 0.6 is 0 Å². The van der Waals surface area contributed by atoms with Crippen LogP contribution in [0.4, 0.5) is 5.69 Å². The molecular weight excluding hydrogens is 306 g/mol. The molecule has 1 rings (SSSR count). The molecule has 0 amide bonds. The first-order chi connectivity index (χ1) is 11.0. The standard InChI is InChI=1S/C19H27NO4/c1-7-8-15(18(21)24-19(4,5)6)11-14(3)17-12-16(20(22)23)10-9-13(17)2/h9-12,14H,7-8H2,1-6H3/b15-11+. The van der Waals surface area contributed by atoms with Crippen LogP contribution in [0.25, 0.3) is 0 Å². The molecule has 1 unspecified atom stereocenters. The van der Waals surface area contributed by atoms with Crippen molar-refractivity contribution in [2.45, 2.75) is 65.9 Å². The number of nitro groups is 1. The zero-order valence-corrected chi connectivity index (χ0v) is 15.4. The topological polar surface area (TPSA) is 69.4 Å². The van der Waals surface area contributed by atoms with Gasteiger partial charge in [0.1, 0.15) is 5.60 Å². The number of allylic oxidation sites excluding steroid dienone is 1. The van der Waals surface area contributed by atoms with Gasteiger partial charge in [-0.3, -0.25) is 10.1 Å². The Morgan fingerprint density at radius 1 is 1.38 bits per heavy atom. The van der Waals surface area contributed by atoms with Crippen molar-refractivity contribution in [2.24, 2.45) is 0 Å². The molecule has 1 aromatic rings. The molecule has 0 heterocycles. The number of non-ortho nitro benzene ring substituents is 1. The maximum absolute atomic E-state index is 12.4. The second kappa shape index (κ2) is 8.08. The number of benzene rings is 1. The summed E-state index contributed by atoms with van der Waals surface area (Å²) in [5.74, 6) is -0.432. The van der Waals surface area contributed by atoms with Gasteiger partial charge in [0.2, 0.25) is 0 Å². The average Bonchev–Trinajstić information content (AvgIpc) is 2.44. The summed E-state index contributed by atoms with van der Waals surface area (Å²) in [5.41, 5.74) is 1.94. The number of nitrogens with zero attached hydrogens (tertiary/aromatic N) is 1. The summed E-state index contributed by atoms with van der Waals surface area (Å²) in [4.78, 5) is 23.0. The van der Waals surface area contributed by atoms with Crippen molar-refractivity contribution in [1.82, 2.24) is 0 Å². The van der Waals surface area contributed by atoms with Crippen LogP contribution < -0.4 is 0 Å². The molecule has 0 aromatic heterocycles. The normalized spacial score (nSPS) is 13.5. The lowest BCUT2D eigenvalue weighted by atomic mass is 9.93. The van der Waals surface area contributed by atoms with Gasteiger partial charge in [0.25, 0.3) is 5.69 Å². The Morgan fingerprint density at radius 2 is 2.00 bits per heavy atom. The van der Waals surface area contributed by atoms with Crippen LogP contribution in [-0.4, -0.2) is 16.5 Å². The SMILES string of the molecule is CCC/C(=C\C(C)c1cc([N+](=O)[O-])ccc1C)C(=O)OC(C)(C)C. The van der Waals surface area contributed by atoms with Gasteiger partial charge < -0.3 is 4.74 Å². The van der Waals surface area contributed by atoms with Crippen LogP contribution in [0.2, 0.25) is 0 Å². The number of rotatable bonds is 6. The Hall–Kier alpha value is -2.17. The molecule has 0 saturated carbocycles. The van der Waals surface area contributed by atoms with Gasteiger partial charge in [-0.25, -0.2) is 4.79 Å². The largest absolute Gasteiger partial charge is 0.457 e. The Balaban J connectivity index is 3.16. The summed E-state index contributed by atoms with van der Waals surface area (Å²) in [7, 11) is 0. The summed E-state index contributed by atoms with van der Waals surface area (Å²) >= 11 is 0. The van der Waals surface area contributed by atoms with Crippen molar-refractivity contribution in [2.75, 3.05) is 0 Å². The summed E-state index contributed by atoms with van der Waals surface area (Å²) < 4.78 is 5.47. The predicted octanol–water partition coefficient (Wildman–Crippen LogP) is 5.07. The maximum atomic E-state index is 12.4. The van der Waals surface area contributed by atoms with Crippen LogP contribution in [0.3, 0.4) is 0 Å². The van der Waals surface area contributed by atoms with Crippen molar-refractivity contribution in [3.8, 4) is 0 Å². The van der Waals surface area contributed by atoms with E-state index in [9.17, 15) is 14.9 Å². The minimum absolute atomic E-state index is 0.0603. The molecule has 5 nitrogen and oxygen atoms in total. The second-order valence-corrected chi connectivity index (χ2v) is 7.03. The van der Waals surface area contributed by atoms with Gasteiger partial charge in [0, 0.05) is 23.6 Å². The van der Waals surface area contributed by atoms with Gasteiger partial charge in [-0.05, 0) is 45.2 Å². The van der Waals surface area contributed by atoms with Gasteiger partial charge in [0.05, 0.1) is 4.92 Å². The number of hydrogen-bond acceptors (Lipinski definition) is 4. The predicted molar refractivity (Wildman–Crippen MR) is 95.1 cm³/mol. The van der Waals surface area contributed by atoms with Crippen LogP contribution in [0.1, 0.15) is 64.5 Å². The number of ether oxygens (including phenoxy) is 1. The lowest BCUT2D eigenvalue weighted by Gasteiger charge is -2.21. The molecule has 0 aliphatic rings. The number of carbonyl (C=O) groups is 1. The van der Waals surface area contributed by atoms with Gasteiger partial charge in [-0.1, -0.05) is 32.4 Å². The number of aryl methyl sites for hydroxylation is 1. The van der Waals surface area contributed by atoms with E-state index in [1.807, 2.05) is 47.6 Å². The highest BCUT2D eigenvalue weighted by Crippen LogP contribution is 2.27. The third-order valence-corrected chi connectivity index (χ3v) is 3.60. The average molecular weight is 333 g/mol. The molecule has 1 atom stereocenters. The monoisotopic (exact) mass is 333 g/mol. The summed E-state index contributed by atoms with van der Waals surface area (Å²) in [6.45, 7) is 11.4. The lowest BCUT2D eigenvalue weighted by molar-refractivity contribution is -0.384. The smallest absolute Gasteiger partial charge is 0.334 e. The molecule has 0 aliphatic heterocycles. The van der Waals surface area contributed by atoms with Gasteiger partial charge in [-0.2, -0.15) is 0 Å². The van der Waals surface area contributed by atoms with Crippen molar-refractivity contribution < 1.29 is 14.5 Å². The third-order valence-electron chi connectivity index (χ3n) is 3.60. The Labute approximate surface area is 143 Å². The lowest BCUT2D eigenvalue weighted by Crippen LogP contribution is -2.25. The van der Waals surface area contributed by atoms with Crippen molar-refractivity contribution in [3.05, 3.63) is 51.1 Å². The number of carbonyl (C=O) groups excluding carboxylic acids is 1. The maximum Gasteiger partial charge on any atom is 0.334 e. The molecule has 0 aliphatic carbocycles. The fourth-order valence-electron chi connectivity index (χ4n) is 2.49. The third kappa shape index (κ3) is 5.80. The molecule has 0 spiro atoms.